The minimum atomic E-state index is -0.531. The van der Waals surface area contributed by atoms with Gasteiger partial charge in [0, 0.05) is 19.5 Å². The Balaban J connectivity index is 1.85. The number of hydrogen-bond acceptors (Lipinski definition) is 4. The highest BCUT2D eigenvalue weighted by Crippen LogP contribution is 2.12. The molecule has 2 rings (SSSR count). The van der Waals surface area contributed by atoms with Crippen LogP contribution in [0.3, 0.4) is 0 Å². The van der Waals surface area contributed by atoms with Crippen molar-refractivity contribution in [2.24, 2.45) is 0 Å². The Kier molecular flexibility index (Phi) is 4.73. The van der Waals surface area contributed by atoms with Crippen molar-refractivity contribution in [3.05, 3.63) is 17.7 Å². The fraction of sp³-hybridized carbons (Fsp3) is 0.615. The zero-order chi connectivity index (χ0) is 14.5. The number of nitrogens with zero attached hydrogens (tertiary/aromatic N) is 1. The van der Waals surface area contributed by atoms with Crippen LogP contribution in [-0.2, 0) is 22.6 Å². The normalized spacial score (nSPS) is 19.0. The van der Waals surface area contributed by atoms with Crippen LogP contribution in [0.25, 0.3) is 0 Å². The van der Waals surface area contributed by atoms with Gasteiger partial charge in [0.1, 0.15) is 6.04 Å². The molecule has 4 N–H and O–H groups in total. The van der Waals surface area contributed by atoms with E-state index in [1.807, 2.05) is 6.92 Å². The van der Waals surface area contributed by atoms with Gasteiger partial charge >= 0.3 is 0 Å². The zero-order valence-corrected chi connectivity index (χ0v) is 11.8. The summed E-state index contributed by atoms with van der Waals surface area (Å²) in [5, 5.41) is 8.62. The van der Waals surface area contributed by atoms with Crippen molar-refractivity contribution in [3.63, 3.8) is 0 Å². The number of aromatic nitrogens is 2. The third-order valence-corrected chi connectivity index (χ3v) is 3.35. The van der Waals surface area contributed by atoms with E-state index in [0.717, 1.165) is 17.8 Å². The van der Waals surface area contributed by atoms with Crippen LogP contribution < -0.4 is 16.0 Å². The third kappa shape index (κ3) is 3.36. The molecule has 1 aromatic heterocycles. The summed E-state index contributed by atoms with van der Waals surface area (Å²) in [4.78, 5) is 31.1. The molecule has 110 valence electrons. The summed E-state index contributed by atoms with van der Waals surface area (Å²) >= 11 is 0. The van der Waals surface area contributed by atoms with Crippen molar-refractivity contribution in [2.45, 2.75) is 45.3 Å². The maximum absolute atomic E-state index is 12.1. The van der Waals surface area contributed by atoms with Crippen LogP contribution in [0, 0.1) is 0 Å². The lowest BCUT2D eigenvalue weighted by Gasteiger charge is -2.24. The molecular weight excluding hydrogens is 258 g/mol. The first-order chi connectivity index (χ1) is 9.61. The van der Waals surface area contributed by atoms with E-state index in [4.69, 9.17) is 0 Å². The molecule has 1 aromatic rings. The van der Waals surface area contributed by atoms with E-state index in [0.29, 0.717) is 19.5 Å². The Morgan fingerprint density at radius 1 is 1.55 bits per heavy atom. The average molecular weight is 279 g/mol. The molecule has 2 unspecified atom stereocenters. The van der Waals surface area contributed by atoms with Crippen LogP contribution in [0.4, 0.5) is 0 Å². The van der Waals surface area contributed by atoms with Crippen LogP contribution in [0.15, 0.2) is 6.33 Å². The maximum Gasteiger partial charge on any atom is 0.242 e. The number of carbonyl (C=O) groups excluding carboxylic acids is 2. The first kappa shape index (κ1) is 14.5. The second-order valence-electron chi connectivity index (χ2n) is 4.99. The molecule has 2 heterocycles. The van der Waals surface area contributed by atoms with Gasteiger partial charge in [-0.15, -0.1) is 0 Å². The number of hydrogen-bond donors (Lipinski definition) is 4. The molecule has 2 amide bonds. The van der Waals surface area contributed by atoms with Crippen molar-refractivity contribution < 1.29 is 9.59 Å². The van der Waals surface area contributed by atoms with Crippen LogP contribution in [0.2, 0.25) is 0 Å². The van der Waals surface area contributed by atoms with E-state index in [1.54, 1.807) is 13.3 Å². The van der Waals surface area contributed by atoms with Crippen LogP contribution in [-0.4, -0.2) is 40.4 Å². The van der Waals surface area contributed by atoms with Gasteiger partial charge in [0.15, 0.2) is 0 Å². The van der Waals surface area contributed by atoms with Crippen molar-refractivity contribution in [2.75, 3.05) is 6.54 Å². The number of imidazole rings is 1. The highest BCUT2D eigenvalue weighted by molar-refractivity contribution is 5.89. The van der Waals surface area contributed by atoms with Gasteiger partial charge in [-0.1, -0.05) is 6.92 Å². The summed E-state index contributed by atoms with van der Waals surface area (Å²) in [6.07, 6.45) is 3.04. The molecule has 0 spiro atoms. The number of rotatable bonds is 5. The third-order valence-electron chi connectivity index (χ3n) is 3.35. The van der Waals surface area contributed by atoms with Gasteiger partial charge in [-0.05, 0) is 13.3 Å². The largest absolute Gasteiger partial charge is 0.354 e. The molecule has 1 aliphatic heterocycles. The molecule has 0 radical (unpaired) electrons. The predicted molar refractivity (Wildman–Crippen MR) is 73.8 cm³/mol. The standard InChI is InChI=1S/C13H21N5O2/c1-3-4-14-12(19)8(2)18-13(20)10-5-9-11(6-15-10)17-7-16-9/h7-8,10,15H,3-6H2,1-2H3,(H,14,19)(H,16,17)(H,18,20). The highest BCUT2D eigenvalue weighted by Gasteiger charge is 2.27. The van der Waals surface area contributed by atoms with E-state index in [1.165, 1.54) is 0 Å². The molecule has 2 atom stereocenters. The van der Waals surface area contributed by atoms with E-state index >= 15 is 0 Å². The summed E-state index contributed by atoms with van der Waals surface area (Å²) in [7, 11) is 0. The molecule has 7 heteroatoms. The maximum atomic E-state index is 12.1. The monoisotopic (exact) mass is 279 g/mol. The molecule has 1 aliphatic rings. The lowest BCUT2D eigenvalue weighted by molar-refractivity contribution is -0.129. The van der Waals surface area contributed by atoms with E-state index in [9.17, 15) is 9.59 Å². The lowest BCUT2D eigenvalue weighted by Crippen LogP contribution is -2.53. The molecule has 0 fully saturated rings. The van der Waals surface area contributed by atoms with Gasteiger partial charge in [-0.25, -0.2) is 4.98 Å². The molecule has 20 heavy (non-hydrogen) atoms. The first-order valence-electron chi connectivity index (χ1n) is 6.94. The Morgan fingerprint density at radius 3 is 3.10 bits per heavy atom. The van der Waals surface area contributed by atoms with Gasteiger partial charge in [-0.3, -0.25) is 14.9 Å². The smallest absolute Gasteiger partial charge is 0.242 e. The topological polar surface area (TPSA) is 98.9 Å². The van der Waals surface area contributed by atoms with Crippen molar-refractivity contribution in [3.8, 4) is 0 Å². The minimum Gasteiger partial charge on any atom is -0.354 e. The summed E-state index contributed by atoms with van der Waals surface area (Å²) in [5.41, 5.74) is 1.93. The van der Waals surface area contributed by atoms with Crippen molar-refractivity contribution >= 4 is 11.8 Å². The van der Waals surface area contributed by atoms with Crippen LogP contribution in [0.1, 0.15) is 31.7 Å². The number of nitrogens with one attached hydrogen (secondary N) is 4. The van der Waals surface area contributed by atoms with E-state index in [2.05, 4.69) is 25.9 Å². The number of aromatic amines is 1. The Labute approximate surface area is 117 Å². The zero-order valence-electron chi connectivity index (χ0n) is 11.8. The molecule has 0 saturated carbocycles. The van der Waals surface area contributed by atoms with E-state index < -0.39 is 6.04 Å². The molecule has 7 nitrogen and oxygen atoms in total. The number of amides is 2. The van der Waals surface area contributed by atoms with Crippen LogP contribution >= 0.6 is 0 Å². The number of carbonyl (C=O) groups is 2. The fourth-order valence-corrected chi connectivity index (χ4v) is 2.14. The van der Waals surface area contributed by atoms with E-state index in [-0.39, 0.29) is 17.9 Å². The summed E-state index contributed by atoms with van der Waals surface area (Å²) in [5.74, 6) is -0.325. The molecule has 0 saturated heterocycles. The van der Waals surface area contributed by atoms with Crippen LogP contribution in [0.5, 0.6) is 0 Å². The van der Waals surface area contributed by atoms with Gasteiger partial charge in [0.05, 0.1) is 23.8 Å². The minimum absolute atomic E-state index is 0.156. The molecular formula is C13H21N5O2. The van der Waals surface area contributed by atoms with Gasteiger partial charge in [0.2, 0.25) is 11.8 Å². The predicted octanol–water partition coefficient (Wildman–Crippen LogP) is -0.545. The van der Waals surface area contributed by atoms with Gasteiger partial charge < -0.3 is 15.6 Å². The van der Waals surface area contributed by atoms with Gasteiger partial charge in [0.25, 0.3) is 0 Å². The Morgan fingerprint density at radius 2 is 2.35 bits per heavy atom. The summed E-state index contributed by atoms with van der Waals surface area (Å²) in [6, 6.07) is -0.872. The van der Waals surface area contributed by atoms with Gasteiger partial charge in [-0.2, -0.15) is 0 Å². The summed E-state index contributed by atoms with van der Waals surface area (Å²) in [6.45, 7) is 4.88. The Bertz CT molecular complexity index is 485. The summed E-state index contributed by atoms with van der Waals surface area (Å²) < 4.78 is 0. The number of H-pyrrole nitrogens is 1. The average Bonchev–Trinajstić information content (AvgIpc) is 2.91. The fourth-order valence-electron chi connectivity index (χ4n) is 2.14. The molecule has 0 aliphatic carbocycles. The number of fused-ring (bicyclic) bond motifs is 1. The first-order valence-corrected chi connectivity index (χ1v) is 6.94. The molecule has 0 aromatic carbocycles. The molecule has 0 bridgehead atoms. The van der Waals surface area contributed by atoms with Crippen molar-refractivity contribution in [1.82, 2.24) is 25.9 Å². The second-order valence-corrected chi connectivity index (χ2v) is 4.99. The second kappa shape index (κ2) is 6.51. The SMILES string of the molecule is CCCNC(=O)C(C)NC(=O)C1Cc2nc[nH]c2CN1. The lowest BCUT2D eigenvalue weighted by atomic mass is 10.0. The Hall–Kier alpha value is -1.89. The van der Waals surface area contributed by atoms with Crippen molar-refractivity contribution in [1.29, 1.82) is 0 Å². The quantitative estimate of drug-likeness (QED) is 0.581. The highest BCUT2D eigenvalue weighted by atomic mass is 16.2.